The monoisotopic (exact) mass is 394 g/mol. The van der Waals surface area contributed by atoms with Crippen LogP contribution in [0.2, 0.25) is 10.0 Å². The van der Waals surface area contributed by atoms with Crippen molar-refractivity contribution in [3.05, 3.63) is 56.9 Å². The standard InChI is InChI=1S/C17H12Cl2N2O3S/c1-10(16(23)21-17-11(9-20)7-8-25-17)24-15(22)6-5-12-13(18)3-2-4-14(12)19/h2-8,10H,1H3,(H,21,23)/b6-5+/t10-/m0/s1. The first kappa shape index (κ1) is 19.0. The van der Waals surface area contributed by atoms with E-state index in [0.717, 1.165) is 6.08 Å². The molecule has 1 heterocycles. The summed E-state index contributed by atoms with van der Waals surface area (Å²) in [5.74, 6) is -1.25. The fraction of sp³-hybridized carbons (Fsp3) is 0.118. The molecule has 1 aromatic carbocycles. The minimum atomic E-state index is -1.03. The normalized spacial score (nSPS) is 11.8. The first-order valence-electron chi connectivity index (χ1n) is 7.03. The number of hydrogen-bond acceptors (Lipinski definition) is 5. The van der Waals surface area contributed by atoms with Crippen molar-refractivity contribution in [3.8, 4) is 6.07 Å². The second-order valence-corrected chi connectivity index (χ2v) is 6.54. The number of nitrogens with zero attached hydrogens (tertiary/aromatic N) is 1. The van der Waals surface area contributed by atoms with E-state index in [0.29, 0.717) is 26.2 Å². The van der Waals surface area contributed by atoms with E-state index in [-0.39, 0.29) is 0 Å². The largest absolute Gasteiger partial charge is 0.449 e. The molecule has 0 fully saturated rings. The molecule has 0 aliphatic carbocycles. The minimum absolute atomic E-state index is 0.352. The summed E-state index contributed by atoms with van der Waals surface area (Å²) in [6.45, 7) is 1.43. The molecule has 128 valence electrons. The van der Waals surface area contributed by atoms with Crippen LogP contribution >= 0.6 is 34.5 Å². The lowest BCUT2D eigenvalue weighted by Gasteiger charge is -2.11. The van der Waals surface area contributed by atoms with Crippen LogP contribution in [0, 0.1) is 11.3 Å². The summed E-state index contributed by atoms with van der Waals surface area (Å²) < 4.78 is 5.03. The molecule has 0 aliphatic rings. The quantitative estimate of drug-likeness (QED) is 0.597. The maximum atomic E-state index is 12.0. The fourth-order valence-corrected chi connectivity index (χ4v) is 3.06. The lowest BCUT2D eigenvalue weighted by Crippen LogP contribution is -2.29. The molecule has 1 aromatic heterocycles. The topological polar surface area (TPSA) is 79.2 Å². The molecule has 8 heteroatoms. The van der Waals surface area contributed by atoms with Crippen LogP contribution in [-0.2, 0) is 14.3 Å². The number of benzene rings is 1. The minimum Gasteiger partial charge on any atom is -0.449 e. The molecule has 0 unspecified atom stereocenters. The molecule has 1 atom stereocenters. The Balaban J connectivity index is 1.97. The average molecular weight is 395 g/mol. The number of amides is 1. The number of nitrogens with one attached hydrogen (secondary N) is 1. The highest BCUT2D eigenvalue weighted by Crippen LogP contribution is 2.25. The Morgan fingerprint density at radius 1 is 1.32 bits per heavy atom. The lowest BCUT2D eigenvalue weighted by atomic mass is 10.2. The van der Waals surface area contributed by atoms with Crippen LogP contribution in [0.15, 0.2) is 35.7 Å². The van der Waals surface area contributed by atoms with Crippen LogP contribution < -0.4 is 5.32 Å². The third-order valence-corrected chi connectivity index (χ3v) is 4.56. The van der Waals surface area contributed by atoms with Crippen LogP contribution in [0.25, 0.3) is 6.08 Å². The van der Waals surface area contributed by atoms with Crippen LogP contribution in [-0.4, -0.2) is 18.0 Å². The predicted octanol–water partition coefficient (Wildman–Crippen LogP) is 4.51. The Morgan fingerprint density at radius 3 is 2.64 bits per heavy atom. The van der Waals surface area contributed by atoms with Gasteiger partial charge in [-0.05, 0) is 36.6 Å². The second kappa shape index (κ2) is 8.67. The third-order valence-electron chi connectivity index (χ3n) is 3.07. The molecule has 25 heavy (non-hydrogen) atoms. The zero-order valence-corrected chi connectivity index (χ0v) is 15.3. The molecule has 0 radical (unpaired) electrons. The maximum absolute atomic E-state index is 12.0. The van der Waals surface area contributed by atoms with Crippen LogP contribution in [0.3, 0.4) is 0 Å². The number of thiophene rings is 1. The van der Waals surface area contributed by atoms with Crippen molar-refractivity contribution in [1.29, 1.82) is 5.26 Å². The van der Waals surface area contributed by atoms with Gasteiger partial charge < -0.3 is 10.1 Å². The number of hydrogen-bond donors (Lipinski definition) is 1. The number of anilines is 1. The Hall–Kier alpha value is -2.33. The molecule has 0 saturated carbocycles. The zero-order valence-electron chi connectivity index (χ0n) is 13.0. The summed E-state index contributed by atoms with van der Waals surface area (Å²) >= 11 is 13.2. The highest BCUT2D eigenvalue weighted by atomic mass is 35.5. The summed E-state index contributed by atoms with van der Waals surface area (Å²) in [6, 6.07) is 8.52. The molecule has 0 bridgehead atoms. The molecule has 2 aromatic rings. The Morgan fingerprint density at radius 2 is 2.00 bits per heavy atom. The summed E-state index contributed by atoms with van der Waals surface area (Å²) in [4.78, 5) is 23.9. The highest BCUT2D eigenvalue weighted by molar-refractivity contribution is 7.14. The van der Waals surface area contributed by atoms with Gasteiger partial charge in [0.15, 0.2) is 6.10 Å². The maximum Gasteiger partial charge on any atom is 0.331 e. The third kappa shape index (κ3) is 5.07. The van der Waals surface area contributed by atoms with Gasteiger partial charge in [0.2, 0.25) is 0 Å². The van der Waals surface area contributed by atoms with Crippen LogP contribution in [0.4, 0.5) is 5.00 Å². The lowest BCUT2D eigenvalue weighted by molar-refractivity contribution is -0.148. The molecular formula is C17H12Cl2N2O3S. The van der Waals surface area contributed by atoms with Gasteiger partial charge in [-0.1, -0.05) is 29.3 Å². The van der Waals surface area contributed by atoms with Crippen molar-refractivity contribution in [3.63, 3.8) is 0 Å². The van der Waals surface area contributed by atoms with Crippen molar-refractivity contribution >= 4 is 57.5 Å². The Labute approximate surface area is 158 Å². The van der Waals surface area contributed by atoms with Gasteiger partial charge in [0.25, 0.3) is 5.91 Å². The highest BCUT2D eigenvalue weighted by Gasteiger charge is 2.18. The van der Waals surface area contributed by atoms with Gasteiger partial charge in [-0.3, -0.25) is 4.79 Å². The van der Waals surface area contributed by atoms with Crippen LogP contribution in [0.1, 0.15) is 18.1 Å². The Bertz CT molecular complexity index is 851. The van der Waals surface area contributed by atoms with Gasteiger partial charge in [-0.15, -0.1) is 11.3 Å². The number of halogens is 2. The van der Waals surface area contributed by atoms with Gasteiger partial charge in [0, 0.05) is 21.7 Å². The number of carbonyl (C=O) groups excluding carboxylic acids is 2. The second-order valence-electron chi connectivity index (χ2n) is 4.81. The molecule has 2 rings (SSSR count). The molecule has 0 spiro atoms. The van der Waals surface area contributed by atoms with Gasteiger partial charge >= 0.3 is 5.97 Å². The number of nitriles is 1. The SMILES string of the molecule is C[C@H](OC(=O)/C=C/c1c(Cl)cccc1Cl)C(=O)Nc1sccc1C#N. The summed E-state index contributed by atoms with van der Waals surface area (Å²) in [5.41, 5.74) is 0.835. The van der Waals surface area contributed by atoms with Gasteiger partial charge in [0.1, 0.15) is 11.1 Å². The number of ether oxygens (including phenoxy) is 1. The van der Waals surface area contributed by atoms with Gasteiger partial charge in [0.05, 0.1) is 5.56 Å². The van der Waals surface area contributed by atoms with Gasteiger partial charge in [-0.2, -0.15) is 5.26 Å². The van der Waals surface area contributed by atoms with E-state index >= 15 is 0 Å². The van der Waals surface area contributed by atoms with Gasteiger partial charge in [-0.25, -0.2) is 4.79 Å². The predicted molar refractivity (Wildman–Crippen MR) is 98.7 cm³/mol. The zero-order chi connectivity index (χ0) is 18.4. The molecule has 0 saturated heterocycles. The number of esters is 1. The van der Waals surface area contributed by atoms with Crippen molar-refractivity contribution in [1.82, 2.24) is 0 Å². The van der Waals surface area contributed by atoms with Crippen molar-refractivity contribution in [2.24, 2.45) is 0 Å². The van der Waals surface area contributed by atoms with Crippen LogP contribution in [0.5, 0.6) is 0 Å². The van der Waals surface area contributed by atoms with Crippen molar-refractivity contribution in [2.45, 2.75) is 13.0 Å². The first-order valence-corrected chi connectivity index (χ1v) is 8.67. The summed E-state index contributed by atoms with van der Waals surface area (Å²) in [6.07, 6.45) is 1.53. The molecule has 5 nitrogen and oxygen atoms in total. The smallest absolute Gasteiger partial charge is 0.331 e. The molecular weight excluding hydrogens is 383 g/mol. The Kier molecular flexibility index (Phi) is 6.59. The molecule has 0 aliphatic heterocycles. The molecule has 1 amide bonds. The fourth-order valence-electron chi connectivity index (χ4n) is 1.80. The van der Waals surface area contributed by atoms with E-state index in [1.807, 2.05) is 6.07 Å². The number of rotatable bonds is 5. The van der Waals surface area contributed by atoms with E-state index in [2.05, 4.69) is 5.32 Å². The van der Waals surface area contributed by atoms with E-state index < -0.39 is 18.0 Å². The number of carbonyl (C=O) groups is 2. The summed E-state index contributed by atoms with van der Waals surface area (Å²) in [5, 5.41) is 14.3. The van der Waals surface area contributed by atoms with Crippen molar-refractivity contribution in [2.75, 3.05) is 5.32 Å². The van der Waals surface area contributed by atoms with E-state index in [1.165, 1.54) is 24.3 Å². The molecule has 1 N–H and O–H groups in total. The summed E-state index contributed by atoms with van der Waals surface area (Å²) in [7, 11) is 0. The van der Waals surface area contributed by atoms with E-state index in [1.54, 1.807) is 29.6 Å². The van der Waals surface area contributed by atoms with Crippen molar-refractivity contribution < 1.29 is 14.3 Å². The average Bonchev–Trinajstić information content (AvgIpc) is 3.01. The van der Waals surface area contributed by atoms with E-state index in [4.69, 9.17) is 33.2 Å². The van der Waals surface area contributed by atoms with E-state index in [9.17, 15) is 9.59 Å². The first-order chi connectivity index (χ1) is 11.9.